The Kier molecular flexibility index (Phi) is 27.7. The minimum Gasteiger partial charge on any atom is -0.369 e. The van der Waals surface area contributed by atoms with Crippen molar-refractivity contribution in [2.24, 2.45) is 11.7 Å². The number of hydrogen-bond donors (Lipinski definition) is 2. The highest BCUT2D eigenvalue weighted by Gasteiger charge is 2.15. The second-order valence-electron chi connectivity index (χ2n) is 11.2. The summed E-state index contributed by atoms with van der Waals surface area (Å²) in [7, 11) is 0. The molecule has 0 fully saturated rings. The van der Waals surface area contributed by atoms with Gasteiger partial charge >= 0.3 is 0 Å². The summed E-state index contributed by atoms with van der Waals surface area (Å²) < 4.78 is 0. The van der Waals surface area contributed by atoms with Crippen LogP contribution in [0.15, 0.2) is 0 Å². The quantitative estimate of drug-likeness (QED) is 0.0987. The molecule has 0 rings (SSSR count). The first-order valence-corrected chi connectivity index (χ1v) is 16.2. The molecule has 0 bridgehead atoms. The van der Waals surface area contributed by atoms with Gasteiger partial charge in [0.1, 0.15) is 0 Å². The van der Waals surface area contributed by atoms with Gasteiger partial charge in [-0.05, 0) is 19.3 Å². The fourth-order valence-electron chi connectivity index (χ4n) is 5.08. The van der Waals surface area contributed by atoms with E-state index >= 15 is 0 Å². The SMILES string of the molecule is CCCCCCCCCCCCCCCCCC(=O)NCCC(CCCCCCCCCC)C(N)=O. The Balaban J connectivity index is 3.49. The highest BCUT2D eigenvalue weighted by atomic mass is 16.2. The second-order valence-corrected chi connectivity index (χ2v) is 11.2. The van der Waals surface area contributed by atoms with Gasteiger partial charge in [-0.1, -0.05) is 155 Å². The van der Waals surface area contributed by atoms with E-state index in [2.05, 4.69) is 19.2 Å². The number of nitrogens with one attached hydrogen (secondary N) is 1. The van der Waals surface area contributed by atoms with Gasteiger partial charge in [-0.25, -0.2) is 0 Å². The Morgan fingerprint density at radius 2 is 0.889 bits per heavy atom. The molecular weight excluding hydrogens is 444 g/mol. The molecule has 3 N–H and O–H groups in total. The molecule has 0 aliphatic rings. The Morgan fingerprint density at radius 3 is 1.28 bits per heavy atom. The van der Waals surface area contributed by atoms with E-state index in [0.717, 1.165) is 25.7 Å². The van der Waals surface area contributed by atoms with Gasteiger partial charge in [0.2, 0.25) is 11.8 Å². The normalized spacial score (nSPS) is 12.1. The van der Waals surface area contributed by atoms with Crippen LogP contribution in [-0.2, 0) is 9.59 Å². The predicted octanol–water partition coefficient (Wildman–Crippen LogP) is 9.39. The Bertz CT molecular complexity index is 481. The standard InChI is InChI=1S/C32H64N2O2/c1-3-5-7-9-11-13-14-15-16-17-18-19-21-23-25-27-31(35)34-29-28-30(32(33)36)26-24-22-20-12-10-8-6-4-2/h30H,3-29H2,1-2H3,(H2,33,36)(H,34,35). The first-order chi connectivity index (χ1) is 17.6. The van der Waals surface area contributed by atoms with Crippen LogP contribution in [0, 0.1) is 5.92 Å². The third-order valence-corrected chi connectivity index (χ3v) is 7.63. The van der Waals surface area contributed by atoms with Crippen LogP contribution in [-0.4, -0.2) is 18.4 Å². The summed E-state index contributed by atoms with van der Waals surface area (Å²) in [6, 6.07) is 0. The van der Waals surface area contributed by atoms with E-state index < -0.39 is 0 Å². The monoisotopic (exact) mass is 508 g/mol. The van der Waals surface area contributed by atoms with Gasteiger partial charge in [-0.3, -0.25) is 9.59 Å². The lowest BCUT2D eigenvalue weighted by molar-refractivity contribution is -0.123. The lowest BCUT2D eigenvalue weighted by atomic mass is 9.96. The van der Waals surface area contributed by atoms with E-state index in [4.69, 9.17) is 5.73 Å². The number of nitrogens with two attached hydrogens (primary N) is 1. The molecule has 0 aromatic heterocycles. The zero-order valence-electron chi connectivity index (χ0n) is 24.6. The molecule has 0 saturated heterocycles. The first-order valence-electron chi connectivity index (χ1n) is 16.2. The van der Waals surface area contributed by atoms with Crippen LogP contribution in [0.3, 0.4) is 0 Å². The largest absolute Gasteiger partial charge is 0.369 e. The number of unbranched alkanes of at least 4 members (excludes halogenated alkanes) is 21. The van der Waals surface area contributed by atoms with E-state index in [9.17, 15) is 9.59 Å². The van der Waals surface area contributed by atoms with E-state index in [1.807, 2.05) is 0 Å². The van der Waals surface area contributed by atoms with Gasteiger partial charge in [-0.2, -0.15) is 0 Å². The minimum absolute atomic E-state index is 0.101. The smallest absolute Gasteiger partial charge is 0.220 e. The van der Waals surface area contributed by atoms with Crippen LogP contribution >= 0.6 is 0 Å². The number of primary amides is 1. The number of hydrogen-bond acceptors (Lipinski definition) is 2. The number of carbonyl (C=O) groups excluding carboxylic acids is 2. The summed E-state index contributed by atoms with van der Waals surface area (Å²) in [5.41, 5.74) is 5.60. The maximum Gasteiger partial charge on any atom is 0.220 e. The van der Waals surface area contributed by atoms with Gasteiger partial charge in [0.05, 0.1) is 0 Å². The fourth-order valence-corrected chi connectivity index (χ4v) is 5.08. The summed E-state index contributed by atoms with van der Waals surface area (Å²) in [5.74, 6) is -0.189. The molecule has 4 heteroatoms. The molecule has 214 valence electrons. The van der Waals surface area contributed by atoms with E-state index in [-0.39, 0.29) is 17.7 Å². The van der Waals surface area contributed by atoms with Crippen LogP contribution in [0.2, 0.25) is 0 Å². The van der Waals surface area contributed by atoms with Crippen LogP contribution < -0.4 is 11.1 Å². The molecular formula is C32H64N2O2. The van der Waals surface area contributed by atoms with Crippen molar-refractivity contribution in [2.75, 3.05) is 6.54 Å². The van der Waals surface area contributed by atoms with E-state index in [0.29, 0.717) is 19.4 Å². The van der Waals surface area contributed by atoms with Gasteiger partial charge in [0, 0.05) is 18.9 Å². The van der Waals surface area contributed by atoms with Crippen LogP contribution in [0.5, 0.6) is 0 Å². The average molecular weight is 509 g/mol. The maximum absolute atomic E-state index is 12.1. The van der Waals surface area contributed by atoms with Crippen molar-refractivity contribution in [1.29, 1.82) is 0 Å². The molecule has 0 aromatic carbocycles. The van der Waals surface area contributed by atoms with Gasteiger partial charge in [0.15, 0.2) is 0 Å². The molecule has 1 unspecified atom stereocenters. The molecule has 4 nitrogen and oxygen atoms in total. The first kappa shape index (κ1) is 34.9. The highest BCUT2D eigenvalue weighted by molar-refractivity contribution is 5.77. The van der Waals surface area contributed by atoms with Crippen molar-refractivity contribution in [3.63, 3.8) is 0 Å². The van der Waals surface area contributed by atoms with Gasteiger partial charge in [0.25, 0.3) is 0 Å². The lowest BCUT2D eigenvalue weighted by Crippen LogP contribution is -2.30. The zero-order valence-corrected chi connectivity index (χ0v) is 24.6. The molecule has 0 aromatic rings. The Hall–Kier alpha value is -1.06. The fraction of sp³-hybridized carbons (Fsp3) is 0.938. The topological polar surface area (TPSA) is 72.2 Å². The summed E-state index contributed by atoms with van der Waals surface area (Å²) in [6.45, 7) is 5.09. The van der Waals surface area contributed by atoms with Crippen molar-refractivity contribution in [3.05, 3.63) is 0 Å². The molecule has 0 aliphatic carbocycles. The van der Waals surface area contributed by atoms with Crippen LogP contribution in [0.1, 0.15) is 181 Å². The van der Waals surface area contributed by atoms with Gasteiger partial charge < -0.3 is 11.1 Å². The number of amides is 2. The van der Waals surface area contributed by atoms with Crippen molar-refractivity contribution in [1.82, 2.24) is 5.32 Å². The molecule has 1 atom stereocenters. The maximum atomic E-state index is 12.1. The number of rotatable bonds is 29. The van der Waals surface area contributed by atoms with Crippen molar-refractivity contribution >= 4 is 11.8 Å². The molecule has 0 aliphatic heterocycles. The molecule has 2 amide bonds. The average Bonchev–Trinajstić information content (AvgIpc) is 2.86. The Morgan fingerprint density at radius 1 is 0.528 bits per heavy atom. The van der Waals surface area contributed by atoms with Crippen LogP contribution in [0.25, 0.3) is 0 Å². The molecule has 0 saturated carbocycles. The number of carbonyl (C=O) groups is 2. The summed E-state index contributed by atoms with van der Waals surface area (Å²) in [4.78, 5) is 23.9. The summed E-state index contributed by atoms with van der Waals surface area (Å²) in [6.07, 6.45) is 32.3. The highest BCUT2D eigenvalue weighted by Crippen LogP contribution is 2.16. The third-order valence-electron chi connectivity index (χ3n) is 7.63. The third kappa shape index (κ3) is 26.0. The zero-order chi connectivity index (χ0) is 26.5. The molecule has 0 spiro atoms. The van der Waals surface area contributed by atoms with Crippen molar-refractivity contribution in [2.45, 2.75) is 181 Å². The second kappa shape index (κ2) is 28.5. The molecule has 36 heavy (non-hydrogen) atoms. The lowest BCUT2D eigenvalue weighted by Gasteiger charge is -2.14. The van der Waals surface area contributed by atoms with Crippen LogP contribution in [0.4, 0.5) is 0 Å². The minimum atomic E-state index is -0.213. The molecule has 0 heterocycles. The van der Waals surface area contributed by atoms with E-state index in [1.165, 1.54) is 128 Å². The molecule has 0 radical (unpaired) electrons. The summed E-state index contributed by atoms with van der Waals surface area (Å²) in [5, 5.41) is 3.00. The van der Waals surface area contributed by atoms with E-state index in [1.54, 1.807) is 0 Å². The van der Waals surface area contributed by atoms with Crippen molar-refractivity contribution in [3.8, 4) is 0 Å². The predicted molar refractivity (Wildman–Crippen MR) is 157 cm³/mol. The Labute approximate surface area is 225 Å². The van der Waals surface area contributed by atoms with Crippen molar-refractivity contribution < 1.29 is 9.59 Å². The van der Waals surface area contributed by atoms with Gasteiger partial charge in [-0.15, -0.1) is 0 Å². The summed E-state index contributed by atoms with van der Waals surface area (Å²) >= 11 is 0.